The number of hydrogen-bond acceptors (Lipinski definition) is 6. The summed E-state index contributed by atoms with van der Waals surface area (Å²) in [5.41, 5.74) is 0.289. The highest BCUT2D eigenvalue weighted by Crippen LogP contribution is 2.45. The van der Waals surface area contributed by atoms with Crippen molar-refractivity contribution in [2.45, 2.75) is 6.04 Å². The number of rotatable bonds is 5. The molecule has 1 unspecified atom stereocenters. The quantitative estimate of drug-likeness (QED) is 0.359. The Morgan fingerprint density at radius 1 is 1.06 bits per heavy atom. The summed E-state index contributed by atoms with van der Waals surface area (Å²) < 4.78 is 24.4. The predicted molar refractivity (Wildman–Crippen MR) is 115 cm³/mol. The fourth-order valence-electron chi connectivity index (χ4n) is 3.59. The molecule has 31 heavy (non-hydrogen) atoms. The number of nitrogens with zero attached hydrogens (tertiary/aromatic N) is 1. The zero-order valence-corrected chi connectivity index (χ0v) is 17.5. The third-order valence-electron chi connectivity index (χ3n) is 5.01. The first kappa shape index (κ1) is 20.6. The number of aliphatic hydroxyl groups excluding tert-OH is 1. The molecular formula is C23H18FNO5S. The third kappa shape index (κ3) is 3.55. The molecule has 0 saturated carbocycles. The molecule has 1 fully saturated rings. The van der Waals surface area contributed by atoms with Crippen molar-refractivity contribution in [3.05, 3.63) is 81.8 Å². The molecule has 158 valence electrons. The van der Waals surface area contributed by atoms with Gasteiger partial charge in [-0.15, -0.1) is 11.3 Å². The molecule has 1 N–H and O–H groups in total. The van der Waals surface area contributed by atoms with Crippen molar-refractivity contribution in [1.29, 1.82) is 0 Å². The highest BCUT2D eigenvalue weighted by atomic mass is 32.1. The lowest BCUT2D eigenvalue weighted by atomic mass is 9.99. The molecular weight excluding hydrogens is 421 g/mol. The monoisotopic (exact) mass is 439 g/mol. The molecule has 0 radical (unpaired) electrons. The Bertz CT molecular complexity index is 1190. The molecule has 6 nitrogen and oxygen atoms in total. The average molecular weight is 439 g/mol. The molecule has 0 aliphatic carbocycles. The zero-order valence-electron chi connectivity index (χ0n) is 16.7. The molecule has 0 spiro atoms. The SMILES string of the molecule is COc1cccc(N2C(=O)C(=O)/C(=C(\O)c3cc(F)ccc3OC)C2c2cccs2)c1. The number of methoxy groups -OCH3 is 2. The van der Waals surface area contributed by atoms with E-state index in [4.69, 9.17) is 9.47 Å². The van der Waals surface area contributed by atoms with Crippen LogP contribution in [0.3, 0.4) is 0 Å². The Balaban J connectivity index is 1.96. The van der Waals surface area contributed by atoms with Crippen LogP contribution in [-0.4, -0.2) is 31.0 Å². The van der Waals surface area contributed by atoms with Crippen LogP contribution in [0.1, 0.15) is 16.5 Å². The van der Waals surface area contributed by atoms with Gasteiger partial charge < -0.3 is 14.6 Å². The van der Waals surface area contributed by atoms with E-state index in [0.29, 0.717) is 16.3 Å². The van der Waals surface area contributed by atoms with E-state index < -0.39 is 29.3 Å². The first-order valence-electron chi connectivity index (χ1n) is 9.28. The number of carbonyl (C=O) groups excluding carboxylic acids is 2. The minimum Gasteiger partial charge on any atom is -0.507 e. The fourth-order valence-corrected chi connectivity index (χ4v) is 4.41. The summed E-state index contributed by atoms with van der Waals surface area (Å²) in [5, 5.41) is 12.9. The predicted octanol–water partition coefficient (Wildman–Crippen LogP) is 4.53. The number of ketones is 1. The van der Waals surface area contributed by atoms with E-state index in [1.165, 1.54) is 42.6 Å². The molecule has 2 aromatic carbocycles. The molecule has 3 aromatic rings. The first-order valence-corrected chi connectivity index (χ1v) is 10.2. The van der Waals surface area contributed by atoms with E-state index in [2.05, 4.69) is 0 Å². The van der Waals surface area contributed by atoms with Crippen molar-refractivity contribution in [2.75, 3.05) is 19.1 Å². The standard InChI is InChI=1S/C23H18FNO5S/c1-29-15-6-3-5-14(12-15)25-20(18-7-4-10-31-18)19(22(27)23(25)28)21(26)16-11-13(24)8-9-17(16)30-2/h3-12,20,26H,1-2H3/b21-19-. The van der Waals surface area contributed by atoms with Crippen LogP contribution in [-0.2, 0) is 9.59 Å². The average Bonchev–Trinajstić information content (AvgIpc) is 3.40. The molecule has 1 atom stereocenters. The number of amides is 1. The number of Topliss-reactive ketones (excluding diaryl/α,β-unsaturated/α-hetero) is 1. The number of carbonyl (C=O) groups is 2. The van der Waals surface area contributed by atoms with Gasteiger partial charge in [0.25, 0.3) is 11.7 Å². The Labute approximate surface area is 181 Å². The van der Waals surface area contributed by atoms with Gasteiger partial charge in [-0.2, -0.15) is 0 Å². The van der Waals surface area contributed by atoms with Crippen LogP contribution >= 0.6 is 11.3 Å². The van der Waals surface area contributed by atoms with Gasteiger partial charge >= 0.3 is 0 Å². The maximum atomic E-state index is 13.9. The molecule has 1 saturated heterocycles. The molecule has 1 aromatic heterocycles. The lowest BCUT2D eigenvalue weighted by Gasteiger charge is -2.24. The summed E-state index contributed by atoms with van der Waals surface area (Å²) in [6.45, 7) is 0. The summed E-state index contributed by atoms with van der Waals surface area (Å²) in [4.78, 5) is 28.1. The number of anilines is 1. The van der Waals surface area contributed by atoms with Crippen molar-refractivity contribution in [1.82, 2.24) is 0 Å². The second-order valence-corrected chi connectivity index (χ2v) is 7.71. The summed E-state index contributed by atoms with van der Waals surface area (Å²) in [5.74, 6) is -2.10. The lowest BCUT2D eigenvalue weighted by molar-refractivity contribution is -0.132. The van der Waals surface area contributed by atoms with Crippen molar-refractivity contribution >= 4 is 34.5 Å². The number of benzene rings is 2. The van der Waals surface area contributed by atoms with Crippen LogP contribution in [0.2, 0.25) is 0 Å². The minimum atomic E-state index is -0.889. The molecule has 4 rings (SSSR count). The largest absolute Gasteiger partial charge is 0.507 e. The van der Waals surface area contributed by atoms with Gasteiger partial charge in [0.1, 0.15) is 29.1 Å². The van der Waals surface area contributed by atoms with Gasteiger partial charge in [0.2, 0.25) is 0 Å². The van der Waals surface area contributed by atoms with Gasteiger partial charge in [0.15, 0.2) is 0 Å². The Kier molecular flexibility index (Phi) is 5.48. The second kappa shape index (κ2) is 8.23. The molecule has 0 bridgehead atoms. The van der Waals surface area contributed by atoms with Gasteiger partial charge in [-0.25, -0.2) is 4.39 Å². The number of ether oxygens (including phenoxy) is 2. The fraction of sp³-hybridized carbons (Fsp3) is 0.130. The van der Waals surface area contributed by atoms with E-state index in [1.807, 2.05) is 5.38 Å². The van der Waals surface area contributed by atoms with Gasteiger partial charge in [-0.3, -0.25) is 14.5 Å². The smallest absolute Gasteiger partial charge is 0.300 e. The molecule has 8 heteroatoms. The number of halogens is 1. The summed E-state index contributed by atoms with van der Waals surface area (Å²) in [6.07, 6.45) is 0. The van der Waals surface area contributed by atoms with E-state index in [-0.39, 0.29) is 16.9 Å². The van der Waals surface area contributed by atoms with E-state index in [1.54, 1.807) is 36.4 Å². The Morgan fingerprint density at radius 2 is 1.87 bits per heavy atom. The van der Waals surface area contributed by atoms with Crippen molar-refractivity contribution < 1.29 is 28.6 Å². The zero-order chi connectivity index (χ0) is 22.1. The van der Waals surface area contributed by atoms with Crippen LogP contribution in [0.5, 0.6) is 11.5 Å². The molecule has 1 aliphatic rings. The normalized spacial score (nSPS) is 17.8. The van der Waals surface area contributed by atoms with Gasteiger partial charge in [-0.1, -0.05) is 12.1 Å². The topological polar surface area (TPSA) is 76.1 Å². The van der Waals surface area contributed by atoms with Gasteiger partial charge in [0, 0.05) is 16.6 Å². The van der Waals surface area contributed by atoms with E-state index in [0.717, 1.165) is 6.07 Å². The molecule has 1 amide bonds. The number of thiophene rings is 1. The summed E-state index contributed by atoms with van der Waals surface area (Å²) in [6, 6.07) is 13.0. The summed E-state index contributed by atoms with van der Waals surface area (Å²) >= 11 is 1.33. The first-order chi connectivity index (χ1) is 15.0. The van der Waals surface area contributed by atoms with Gasteiger partial charge in [0.05, 0.1) is 25.4 Å². The van der Waals surface area contributed by atoms with Crippen molar-refractivity contribution in [3.8, 4) is 11.5 Å². The van der Waals surface area contributed by atoms with Crippen LogP contribution < -0.4 is 14.4 Å². The van der Waals surface area contributed by atoms with Crippen LogP contribution in [0, 0.1) is 5.82 Å². The minimum absolute atomic E-state index is 0.00676. The van der Waals surface area contributed by atoms with Crippen molar-refractivity contribution in [2.24, 2.45) is 0 Å². The van der Waals surface area contributed by atoms with Crippen molar-refractivity contribution in [3.63, 3.8) is 0 Å². The number of hydrogen-bond donors (Lipinski definition) is 1. The summed E-state index contributed by atoms with van der Waals surface area (Å²) in [7, 11) is 2.87. The maximum Gasteiger partial charge on any atom is 0.300 e. The highest BCUT2D eigenvalue weighted by Gasteiger charge is 2.47. The molecule has 1 aliphatic heterocycles. The Morgan fingerprint density at radius 3 is 2.55 bits per heavy atom. The van der Waals surface area contributed by atoms with Crippen LogP contribution in [0.4, 0.5) is 10.1 Å². The second-order valence-electron chi connectivity index (χ2n) is 6.73. The lowest BCUT2D eigenvalue weighted by Crippen LogP contribution is -2.29. The molecule has 2 heterocycles. The van der Waals surface area contributed by atoms with Crippen LogP contribution in [0.15, 0.2) is 65.6 Å². The van der Waals surface area contributed by atoms with E-state index >= 15 is 0 Å². The highest BCUT2D eigenvalue weighted by molar-refractivity contribution is 7.10. The number of aliphatic hydroxyl groups is 1. The Hall–Kier alpha value is -3.65. The van der Waals surface area contributed by atoms with E-state index in [9.17, 15) is 19.1 Å². The van der Waals surface area contributed by atoms with Crippen LogP contribution in [0.25, 0.3) is 5.76 Å². The maximum absolute atomic E-state index is 13.9. The van der Waals surface area contributed by atoms with Gasteiger partial charge in [-0.05, 0) is 41.8 Å². The third-order valence-corrected chi connectivity index (χ3v) is 5.93.